The van der Waals surface area contributed by atoms with Crippen molar-refractivity contribution in [1.82, 2.24) is 15.3 Å². The van der Waals surface area contributed by atoms with E-state index in [0.29, 0.717) is 0 Å². The molecule has 2 N–H and O–H groups in total. The summed E-state index contributed by atoms with van der Waals surface area (Å²) in [6, 6.07) is 5.20. The number of nitrogens with one attached hydrogen (secondary N) is 2. The van der Waals surface area contributed by atoms with Gasteiger partial charge in [-0.05, 0) is 25.1 Å². The molecule has 1 atom stereocenters. The zero-order valence-electron chi connectivity index (χ0n) is 12.6. The van der Waals surface area contributed by atoms with Crippen LogP contribution in [0, 0.1) is 11.3 Å². The van der Waals surface area contributed by atoms with Crippen molar-refractivity contribution in [3.8, 4) is 6.07 Å². The number of H-pyrrole nitrogens is 1. The number of hydrogen-bond donors (Lipinski definition) is 2. The van der Waals surface area contributed by atoms with E-state index in [9.17, 15) is 22.8 Å². The van der Waals surface area contributed by atoms with Gasteiger partial charge in [-0.3, -0.25) is 9.59 Å². The molecule has 0 saturated carbocycles. The standard InChI is InChI=1S/C15H10ClF3N4O2/c1-7(9-4-5-11(15(17,18)19)23-12(9)16)21-13(24)10-3-2-8(6-20)22-14(10)25/h2-5,7H,1H3,(H,21,24)(H,22,25). The van der Waals surface area contributed by atoms with Crippen molar-refractivity contribution in [2.45, 2.75) is 19.1 Å². The molecule has 0 aliphatic carbocycles. The maximum absolute atomic E-state index is 12.6. The molecule has 2 heterocycles. The van der Waals surface area contributed by atoms with Crippen LogP contribution in [0.15, 0.2) is 29.1 Å². The molecule has 10 heteroatoms. The lowest BCUT2D eigenvalue weighted by Crippen LogP contribution is -2.32. The van der Waals surface area contributed by atoms with Gasteiger partial charge in [-0.15, -0.1) is 0 Å². The van der Waals surface area contributed by atoms with Crippen LogP contribution in [0.5, 0.6) is 0 Å². The Morgan fingerprint density at radius 1 is 1.36 bits per heavy atom. The second-order valence-electron chi connectivity index (χ2n) is 5.00. The van der Waals surface area contributed by atoms with Crippen LogP contribution < -0.4 is 10.9 Å². The Morgan fingerprint density at radius 2 is 2.04 bits per heavy atom. The average molecular weight is 371 g/mol. The zero-order valence-corrected chi connectivity index (χ0v) is 13.4. The Hall–Kier alpha value is -2.86. The second-order valence-corrected chi connectivity index (χ2v) is 5.35. The lowest BCUT2D eigenvalue weighted by atomic mass is 10.1. The molecule has 0 radical (unpaired) electrons. The Balaban J connectivity index is 2.22. The predicted octanol–water partition coefficient (Wildman–Crippen LogP) is 2.80. The first kappa shape index (κ1) is 18.5. The molecule has 130 valence electrons. The van der Waals surface area contributed by atoms with Gasteiger partial charge in [0.1, 0.15) is 28.2 Å². The molecular weight excluding hydrogens is 361 g/mol. The van der Waals surface area contributed by atoms with Crippen molar-refractivity contribution in [2.75, 3.05) is 0 Å². The number of aromatic amines is 1. The number of halogens is 4. The summed E-state index contributed by atoms with van der Waals surface area (Å²) in [6.45, 7) is 1.48. The Kier molecular flexibility index (Phi) is 5.13. The number of pyridine rings is 2. The normalized spacial score (nSPS) is 12.3. The van der Waals surface area contributed by atoms with E-state index in [1.54, 1.807) is 6.07 Å². The molecule has 1 amide bonds. The summed E-state index contributed by atoms with van der Waals surface area (Å²) in [5, 5.41) is 10.7. The molecule has 0 bridgehead atoms. The number of hydrogen-bond acceptors (Lipinski definition) is 4. The first-order chi connectivity index (χ1) is 11.6. The number of nitriles is 1. The Bertz CT molecular complexity index is 918. The van der Waals surface area contributed by atoms with E-state index in [4.69, 9.17) is 16.9 Å². The molecule has 2 aromatic heterocycles. The van der Waals surface area contributed by atoms with Crippen molar-refractivity contribution in [2.24, 2.45) is 0 Å². The van der Waals surface area contributed by atoms with Gasteiger partial charge in [0.25, 0.3) is 11.5 Å². The smallest absolute Gasteiger partial charge is 0.345 e. The fraction of sp³-hybridized carbons (Fsp3) is 0.200. The quantitative estimate of drug-likeness (QED) is 0.811. The number of aromatic nitrogens is 2. The van der Waals surface area contributed by atoms with Crippen LogP contribution in [-0.4, -0.2) is 15.9 Å². The minimum atomic E-state index is -4.63. The first-order valence-electron chi connectivity index (χ1n) is 6.81. The van der Waals surface area contributed by atoms with E-state index < -0.39 is 34.5 Å². The van der Waals surface area contributed by atoms with Gasteiger partial charge in [0, 0.05) is 5.56 Å². The maximum Gasteiger partial charge on any atom is 0.433 e. The van der Waals surface area contributed by atoms with Gasteiger partial charge >= 0.3 is 6.18 Å². The third-order valence-corrected chi connectivity index (χ3v) is 3.56. The van der Waals surface area contributed by atoms with Gasteiger partial charge in [0.05, 0.1) is 6.04 Å². The van der Waals surface area contributed by atoms with E-state index in [1.807, 2.05) is 0 Å². The molecule has 0 saturated heterocycles. The number of amides is 1. The summed E-state index contributed by atoms with van der Waals surface area (Å²) >= 11 is 5.76. The van der Waals surface area contributed by atoms with Crippen molar-refractivity contribution in [3.63, 3.8) is 0 Å². The van der Waals surface area contributed by atoms with Crippen LogP contribution in [0.2, 0.25) is 5.15 Å². The summed E-state index contributed by atoms with van der Waals surface area (Å²) in [5.41, 5.74) is -2.01. The molecular formula is C15H10ClF3N4O2. The zero-order chi connectivity index (χ0) is 18.8. The third-order valence-electron chi connectivity index (χ3n) is 3.26. The van der Waals surface area contributed by atoms with Gasteiger partial charge in [0.2, 0.25) is 0 Å². The third kappa shape index (κ3) is 4.16. The molecule has 0 aliphatic heterocycles. The molecule has 2 aromatic rings. The molecule has 2 rings (SSSR count). The summed E-state index contributed by atoms with van der Waals surface area (Å²) in [4.78, 5) is 29.4. The van der Waals surface area contributed by atoms with Gasteiger partial charge in [0.15, 0.2) is 0 Å². The topological polar surface area (TPSA) is 98.6 Å². The van der Waals surface area contributed by atoms with Crippen LogP contribution in [0.3, 0.4) is 0 Å². The van der Waals surface area contributed by atoms with E-state index >= 15 is 0 Å². The van der Waals surface area contributed by atoms with Crippen LogP contribution >= 0.6 is 11.6 Å². The molecule has 25 heavy (non-hydrogen) atoms. The van der Waals surface area contributed by atoms with Crippen molar-refractivity contribution < 1.29 is 18.0 Å². The van der Waals surface area contributed by atoms with Crippen LogP contribution in [0.1, 0.15) is 40.3 Å². The maximum atomic E-state index is 12.6. The SMILES string of the molecule is CC(NC(=O)c1ccc(C#N)[nH]c1=O)c1ccc(C(F)(F)F)nc1Cl. The molecule has 0 fully saturated rings. The van der Waals surface area contributed by atoms with Gasteiger partial charge in [-0.25, -0.2) is 4.98 Å². The molecule has 1 unspecified atom stereocenters. The largest absolute Gasteiger partial charge is 0.433 e. The second kappa shape index (κ2) is 6.94. The number of nitrogens with zero attached hydrogens (tertiary/aromatic N) is 2. The predicted molar refractivity (Wildman–Crippen MR) is 81.9 cm³/mol. The Labute approximate surface area is 144 Å². The summed E-state index contributed by atoms with van der Waals surface area (Å²) < 4.78 is 37.8. The van der Waals surface area contributed by atoms with Crippen molar-refractivity contribution >= 4 is 17.5 Å². The molecule has 0 aliphatic rings. The van der Waals surface area contributed by atoms with E-state index in [2.05, 4.69) is 15.3 Å². The number of carbonyl (C=O) groups is 1. The highest BCUT2D eigenvalue weighted by atomic mass is 35.5. The van der Waals surface area contributed by atoms with Crippen LogP contribution in [-0.2, 0) is 6.18 Å². The minimum Gasteiger partial charge on any atom is -0.345 e. The van der Waals surface area contributed by atoms with Gasteiger partial charge in [-0.2, -0.15) is 18.4 Å². The fourth-order valence-electron chi connectivity index (χ4n) is 2.00. The van der Waals surface area contributed by atoms with Crippen LogP contribution in [0.25, 0.3) is 0 Å². The summed E-state index contributed by atoms with van der Waals surface area (Å²) in [6.07, 6.45) is -4.63. The first-order valence-corrected chi connectivity index (χ1v) is 7.19. The number of alkyl halides is 3. The fourth-order valence-corrected chi connectivity index (χ4v) is 2.31. The van der Waals surface area contributed by atoms with E-state index in [-0.39, 0.29) is 16.8 Å². The monoisotopic (exact) mass is 370 g/mol. The van der Waals surface area contributed by atoms with Crippen molar-refractivity contribution in [3.05, 3.63) is 62.3 Å². The highest BCUT2D eigenvalue weighted by Crippen LogP contribution is 2.31. The highest BCUT2D eigenvalue weighted by molar-refractivity contribution is 6.30. The number of carbonyl (C=O) groups excluding carboxylic acids is 1. The van der Waals surface area contributed by atoms with Crippen molar-refractivity contribution in [1.29, 1.82) is 5.26 Å². The Morgan fingerprint density at radius 3 is 2.56 bits per heavy atom. The van der Waals surface area contributed by atoms with Gasteiger partial charge < -0.3 is 10.3 Å². The molecule has 6 nitrogen and oxygen atoms in total. The van der Waals surface area contributed by atoms with Gasteiger partial charge in [-0.1, -0.05) is 17.7 Å². The summed E-state index contributed by atoms with van der Waals surface area (Å²) in [5.74, 6) is -0.769. The lowest BCUT2D eigenvalue weighted by molar-refractivity contribution is -0.141. The molecule has 0 spiro atoms. The van der Waals surface area contributed by atoms with E-state index in [1.165, 1.54) is 19.1 Å². The average Bonchev–Trinajstić information content (AvgIpc) is 2.53. The van der Waals surface area contributed by atoms with Crippen LogP contribution in [0.4, 0.5) is 13.2 Å². The number of rotatable bonds is 3. The summed E-state index contributed by atoms with van der Waals surface area (Å²) in [7, 11) is 0. The minimum absolute atomic E-state index is 0.00965. The molecule has 0 aromatic carbocycles. The highest BCUT2D eigenvalue weighted by Gasteiger charge is 2.33. The lowest BCUT2D eigenvalue weighted by Gasteiger charge is -2.16. The van der Waals surface area contributed by atoms with E-state index in [0.717, 1.165) is 12.1 Å².